The van der Waals surface area contributed by atoms with E-state index in [0.29, 0.717) is 6.54 Å². The Bertz CT molecular complexity index is 1190. The van der Waals surface area contributed by atoms with Crippen molar-refractivity contribution in [2.75, 3.05) is 13.7 Å². The molecule has 0 fully saturated rings. The highest BCUT2D eigenvalue weighted by atomic mass is 32.2. The second-order valence-electron chi connectivity index (χ2n) is 7.43. The number of esters is 1. The molecule has 0 saturated carbocycles. The Morgan fingerprint density at radius 3 is 2.42 bits per heavy atom. The van der Waals surface area contributed by atoms with Crippen molar-refractivity contribution in [2.45, 2.75) is 31.3 Å². The molecule has 0 radical (unpaired) electrons. The fraction of sp³-hybridized carbons (Fsp3) is 0.250. The zero-order chi connectivity index (χ0) is 23.8. The molecule has 33 heavy (non-hydrogen) atoms. The van der Waals surface area contributed by atoms with Crippen molar-refractivity contribution in [1.29, 1.82) is 0 Å². The first-order chi connectivity index (χ1) is 15.8. The van der Waals surface area contributed by atoms with E-state index in [1.165, 1.54) is 46.1 Å². The summed E-state index contributed by atoms with van der Waals surface area (Å²) in [6.07, 6.45) is 0.943. The molecule has 1 aromatic heterocycles. The van der Waals surface area contributed by atoms with Gasteiger partial charge in [-0.05, 0) is 47.2 Å². The van der Waals surface area contributed by atoms with E-state index < -0.39 is 22.6 Å². The van der Waals surface area contributed by atoms with E-state index in [1.54, 1.807) is 7.05 Å². The molecule has 0 atom stereocenters. The van der Waals surface area contributed by atoms with Crippen molar-refractivity contribution in [1.82, 2.24) is 9.62 Å². The van der Waals surface area contributed by atoms with E-state index in [4.69, 9.17) is 4.74 Å². The van der Waals surface area contributed by atoms with Crippen LogP contribution in [0.2, 0.25) is 0 Å². The largest absolute Gasteiger partial charge is 0.452 e. The van der Waals surface area contributed by atoms with Crippen molar-refractivity contribution in [2.24, 2.45) is 0 Å². The van der Waals surface area contributed by atoms with Crippen LogP contribution in [0.25, 0.3) is 0 Å². The molecule has 1 heterocycles. The molecule has 0 aliphatic rings. The summed E-state index contributed by atoms with van der Waals surface area (Å²) in [4.78, 5) is 27.1. The van der Waals surface area contributed by atoms with Crippen molar-refractivity contribution in [3.05, 3.63) is 87.6 Å². The summed E-state index contributed by atoms with van der Waals surface area (Å²) in [5.41, 5.74) is 2.24. The highest BCUT2D eigenvalue weighted by molar-refractivity contribution is 7.89. The van der Waals surface area contributed by atoms with Crippen LogP contribution in [-0.4, -0.2) is 38.8 Å². The third-order valence-corrected chi connectivity index (χ3v) is 7.28. The van der Waals surface area contributed by atoms with Gasteiger partial charge >= 0.3 is 5.97 Å². The lowest BCUT2D eigenvalue weighted by Crippen LogP contribution is -2.30. The fourth-order valence-electron chi connectivity index (χ4n) is 3.02. The topological polar surface area (TPSA) is 92.8 Å². The minimum Gasteiger partial charge on any atom is -0.452 e. The number of aryl methyl sites for hydroxylation is 1. The van der Waals surface area contributed by atoms with Gasteiger partial charge in [0, 0.05) is 25.0 Å². The van der Waals surface area contributed by atoms with Gasteiger partial charge < -0.3 is 9.64 Å². The molecule has 1 amide bonds. The van der Waals surface area contributed by atoms with Crippen LogP contribution >= 0.6 is 11.3 Å². The normalized spacial score (nSPS) is 11.2. The number of hydrogen-bond donors (Lipinski definition) is 1. The Morgan fingerprint density at radius 2 is 1.76 bits per heavy atom. The fourth-order valence-corrected chi connectivity index (χ4v) is 4.80. The zero-order valence-electron chi connectivity index (χ0n) is 18.5. The minimum atomic E-state index is -3.80. The summed E-state index contributed by atoms with van der Waals surface area (Å²) >= 11 is 1.44. The molecule has 0 aliphatic carbocycles. The van der Waals surface area contributed by atoms with E-state index in [2.05, 4.69) is 11.6 Å². The molecule has 3 rings (SSSR count). The average molecular weight is 487 g/mol. The van der Waals surface area contributed by atoms with Gasteiger partial charge in [0.25, 0.3) is 5.91 Å². The molecule has 0 saturated heterocycles. The molecule has 0 spiro atoms. The highest BCUT2D eigenvalue weighted by Crippen LogP contribution is 2.15. The standard InChI is InChI=1S/C24H26N2O5S2/c1-3-18-9-11-19(12-10-18)16-26(2)23(27)17-31-24(28)20-6-4-8-22(14-20)33(29,30)25-15-21-7-5-13-32-21/h4-14,25H,3,15-17H2,1-2H3. The quantitative estimate of drug-likeness (QED) is 0.442. The SMILES string of the molecule is CCc1ccc(CN(C)C(=O)COC(=O)c2cccc(S(=O)(=O)NCc3cccs3)c2)cc1. The van der Waals surface area contributed by atoms with Gasteiger partial charge in [-0.25, -0.2) is 17.9 Å². The highest BCUT2D eigenvalue weighted by Gasteiger charge is 2.18. The Morgan fingerprint density at radius 1 is 1.03 bits per heavy atom. The van der Waals surface area contributed by atoms with Gasteiger partial charge in [0.05, 0.1) is 10.5 Å². The average Bonchev–Trinajstić information content (AvgIpc) is 3.35. The molecule has 0 bridgehead atoms. The van der Waals surface area contributed by atoms with Crippen molar-refractivity contribution in [3.8, 4) is 0 Å². The van der Waals surface area contributed by atoms with Gasteiger partial charge in [-0.1, -0.05) is 43.3 Å². The minimum absolute atomic E-state index is 0.0486. The van der Waals surface area contributed by atoms with E-state index in [-0.39, 0.29) is 22.9 Å². The van der Waals surface area contributed by atoms with E-state index >= 15 is 0 Å². The number of benzene rings is 2. The van der Waals surface area contributed by atoms with Crippen LogP contribution in [-0.2, 0) is 39.1 Å². The lowest BCUT2D eigenvalue weighted by atomic mass is 10.1. The zero-order valence-corrected chi connectivity index (χ0v) is 20.1. The Labute approximate surface area is 198 Å². The van der Waals surface area contributed by atoms with Crippen LogP contribution in [0.4, 0.5) is 0 Å². The van der Waals surface area contributed by atoms with Crippen molar-refractivity contribution >= 4 is 33.2 Å². The maximum Gasteiger partial charge on any atom is 0.338 e. The van der Waals surface area contributed by atoms with Crippen molar-refractivity contribution < 1.29 is 22.7 Å². The number of carbonyl (C=O) groups is 2. The van der Waals surface area contributed by atoms with Gasteiger partial charge in [0.15, 0.2) is 6.61 Å². The summed E-state index contributed by atoms with van der Waals surface area (Å²) in [6, 6.07) is 17.2. The van der Waals surface area contributed by atoms with Gasteiger partial charge in [0.1, 0.15) is 0 Å². The van der Waals surface area contributed by atoms with E-state index in [9.17, 15) is 18.0 Å². The first kappa shape index (κ1) is 24.6. The number of nitrogens with one attached hydrogen (secondary N) is 1. The van der Waals surface area contributed by atoms with Crippen LogP contribution in [0, 0.1) is 0 Å². The molecule has 9 heteroatoms. The third kappa shape index (κ3) is 6.98. The number of amides is 1. The van der Waals surface area contributed by atoms with E-state index in [0.717, 1.165) is 16.9 Å². The Kier molecular flexibility index (Phi) is 8.37. The predicted octanol–water partition coefficient (Wildman–Crippen LogP) is 3.60. The molecular weight excluding hydrogens is 460 g/mol. The van der Waals surface area contributed by atoms with E-state index in [1.807, 2.05) is 41.8 Å². The number of thiophene rings is 1. The summed E-state index contributed by atoms with van der Waals surface area (Å²) in [5.74, 6) is -1.12. The number of nitrogens with zero attached hydrogens (tertiary/aromatic N) is 1. The summed E-state index contributed by atoms with van der Waals surface area (Å²) in [7, 11) is -2.17. The van der Waals surface area contributed by atoms with Gasteiger partial charge in [0.2, 0.25) is 10.0 Å². The van der Waals surface area contributed by atoms with Crippen LogP contribution in [0.3, 0.4) is 0 Å². The second-order valence-corrected chi connectivity index (χ2v) is 10.2. The summed E-state index contributed by atoms with van der Waals surface area (Å²) in [5, 5.41) is 1.86. The Hall–Kier alpha value is -3.01. The van der Waals surface area contributed by atoms with Crippen LogP contribution in [0.5, 0.6) is 0 Å². The number of carbonyl (C=O) groups excluding carboxylic acids is 2. The lowest BCUT2D eigenvalue weighted by molar-refractivity contribution is -0.133. The predicted molar refractivity (Wildman–Crippen MR) is 127 cm³/mol. The number of rotatable bonds is 10. The summed E-state index contributed by atoms with van der Waals surface area (Å²) in [6.45, 7) is 2.20. The van der Waals surface area contributed by atoms with Crippen LogP contribution in [0.1, 0.15) is 33.3 Å². The van der Waals surface area contributed by atoms with Gasteiger partial charge in [-0.15, -0.1) is 11.3 Å². The van der Waals surface area contributed by atoms with Crippen LogP contribution in [0.15, 0.2) is 70.9 Å². The molecule has 2 aromatic carbocycles. The van der Waals surface area contributed by atoms with Crippen LogP contribution < -0.4 is 4.72 Å². The van der Waals surface area contributed by atoms with Gasteiger partial charge in [-0.2, -0.15) is 0 Å². The lowest BCUT2D eigenvalue weighted by Gasteiger charge is -2.17. The number of sulfonamides is 1. The molecular formula is C24H26N2O5S2. The number of ether oxygens (including phenoxy) is 1. The second kappa shape index (κ2) is 11.2. The smallest absolute Gasteiger partial charge is 0.338 e. The molecule has 7 nitrogen and oxygen atoms in total. The number of likely N-dealkylation sites (N-methyl/N-ethyl adjacent to an activating group) is 1. The number of hydrogen-bond acceptors (Lipinski definition) is 6. The molecule has 174 valence electrons. The first-order valence-electron chi connectivity index (χ1n) is 10.4. The third-order valence-electron chi connectivity index (χ3n) is 5.00. The Balaban J connectivity index is 1.55. The maximum atomic E-state index is 12.6. The summed E-state index contributed by atoms with van der Waals surface area (Å²) < 4.78 is 32.7. The maximum absolute atomic E-state index is 12.6. The molecule has 3 aromatic rings. The monoisotopic (exact) mass is 486 g/mol. The van der Waals surface area contributed by atoms with Gasteiger partial charge in [-0.3, -0.25) is 4.79 Å². The molecule has 1 N–H and O–H groups in total. The molecule has 0 aliphatic heterocycles. The molecule has 0 unspecified atom stereocenters. The first-order valence-corrected chi connectivity index (χ1v) is 12.8. The van der Waals surface area contributed by atoms with Crippen molar-refractivity contribution in [3.63, 3.8) is 0 Å².